The number of hydrogen-bond donors (Lipinski definition) is 2. The first-order valence-electron chi connectivity index (χ1n) is 12.9. The molecule has 0 radical (unpaired) electrons. The number of ether oxygens (including phenoxy) is 3. The van der Waals surface area contributed by atoms with E-state index in [1.165, 1.54) is 6.92 Å². The number of carbonyl (C=O) groups excluding carboxylic acids is 2. The molecule has 5 aliphatic rings. The highest BCUT2D eigenvalue weighted by Gasteiger charge is 2.76. The highest BCUT2D eigenvalue weighted by atomic mass is 16.7. The lowest BCUT2D eigenvalue weighted by Gasteiger charge is -2.60. The van der Waals surface area contributed by atoms with Crippen molar-refractivity contribution in [3.05, 3.63) is 36.0 Å². The number of ketones is 1. The summed E-state index contributed by atoms with van der Waals surface area (Å²) >= 11 is 0. The molecule has 1 saturated heterocycles. The molecule has 1 heterocycles. The van der Waals surface area contributed by atoms with Gasteiger partial charge in [0.1, 0.15) is 0 Å². The Labute approximate surface area is 207 Å². The highest BCUT2D eigenvalue weighted by molar-refractivity contribution is 5.92. The van der Waals surface area contributed by atoms with Crippen LogP contribution in [0.4, 0.5) is 0 Å². The standard InChI is InChI=1S/C28H38O7/c1-6-7-24-34-23-12-18-17-11-20(30)19-10-15(2)8-9-26(19,4)25(17)21(31)13-27(18,5)28(23,35-24)22(32)14-33-16(3)29/h8-10,17-18,20-21,23-25,30-31H,2,6-7,11-14H2,1,3-5H3. The molecule has 0 bridgehead atoms. The van der Waals surface area contributed by atoms with Crippen LogP contribution in [0.1, 0.15) is 59.8 Å². The Bertz CT molecular complexity index is 999. The van der Waals surface area contributed by atoms with E-state index in [0.29, 0.717) is 25.7 Å². The lowest BCUT2D eigenvalue weighted by Crippen LogP contribution is -2.64. The van der Waals surface area contributed by atoms with E-state index in [1.54, 1.807) is 0 Å². The molecule has 2 N–H and O–H groups in total. The zero-order chi connectivity index (χ0) is 25.3. The second kappa shape index (κ2) is 8.37. The van der Waals surface area contributed by atoms with Crippen LogP contribution in [0, 0.1) is 28.6 Å². The molecule has 0 aromatic heterocycles. The fourth-order valence-corrected chi connectivity index (χ4v) is 8.41. The number of aliphatic hydroxyl groups excluding tert-OH is 2. The van der Waals surface area contributed by atoms with E-state index < -0.39 is 47.0 Å². The smallest absolute Gasteiger partial charge is 0.303 e. The third-order valence-corrected chi connectivity index (χ3v) is 9.75. The lowest BCUT2D eigenvalue weighted by atomic mass is 9.45. The first kappa shape index (κ1) is 24.9. The first-order valence-corrected chi connectivity index (χ1v) is 12.9. The molecule has 192 valence electrons. The molecule has 1 aliphatic heterocycles. The summed E-state index contributed by atoms with van der Waals surface area (Å²) < 4.78 is 18.0. The van der Waals surface area contributed by atoms with Gasteiger partial charge in [-0.25, -0.2) is 0 Å². The maximum absolute atomic E-state index is 13.8. The van der Waals surface area contributed by atoms with Gasteiger partial charge in [0, 0.05) is 23.7 Å². The van der Waals surface area contributed by atoms with Crippen LogP contribution in [-0.2, 0) is 23.8 Å². The van der Waals surface area contributed by atoms with E-state index in [4.69, 9.17) is 14.2 Å². The number of Topliss-reactive ketones (excluding diaryl/α,β-unsaturated/α-hetero) is 1. The van der Waals surface area contributed by atoms with Gasteiger partial charge in [0.25, 0.3) is 0 Å². The Hall–Kier alpha value is -1.80. The number of rotatable bonds is 5. The summed E-state index contributed by atoms with van der Waals surface area (Å²) in [7, 11) is 0. The minimum absolute atomic E-state index is 0.00342. The number of fused-ring (bicyclic) bond motifs is 7. The van der Waals surface area contributed by atoms with Crippen LogP contribution in [0.5, 0.6) is 0 Å². The van der Waals surface area contributed by atoms with Crippen LogP contribution in [0.2, 0.25) is 0 Å². The van der Waals surface area contributed by atoms with Crippen LogP contribution in [0.3, 0.4) is 0 Å². The summed E-state index contributed by atoms with van der Waals surface area (Å²) in [5.74, 6) is -0.962. The third-order valence-electron chi connectivity index (χ3n) is 9.75. The van der Waals surface area contributed by atoms with Gasteiger partial charge in [0.2, 0.25) is 5.78 Å². The molecule has 0 amide bonds. The molecule has 0 spiro atoms. The number of aliphatic hydroxyl groups is 2. The minimum atomic E-state index is -1.29. The summed E-state index contributed by atoms with van der Waals surface area (Å²) in [5.41, 5.74) is -0.763. The lowest BCUT2D eigenvalue weighted by molar-refractivity contribution is -0.204. The predicted molar refractivity (Wildman–Crippen MR) is 128 cm³/mol. The minimum Gasteiger partial charge on any atom is -0.458 e. The molecule has 4 fully saturated rings. The van der Waals surface area contributed by atoms with Crippen molar-refractivity contribution in [3.63, 3.8) is 0 Å². The Morgan fingerprint density at radius 2 is 2.00 bits per heavy atom. The first-order chi connectivity index (χ1) is 16.5. The number of esters is 1. The molecule has 0 aromatic carbocycles. The third kappa shape index (κ3) is 3.38. The van der Waals surface area contributed by atoms with E-state index in [-0.39, 0.29) is 30.1 Å². The summed E-state index contributed by atoms with van der Waals surface area (Å²) in [6.45, 7) is 11.1. The molecular formula is C28H38O7. The van der Waals surface area contributed by atoms with E-state index >= 15 is 0 Å². The van der Waals surface area contributed by atoms with Crippen molar-refractivity contribution in [1.29, 1.82) is 0 Å². The van der Waals surface area contributed by atoms with Crippen molar-refractivity contribution in [2.24, 2.45) is 28.6 Å². The number of allylic oxidation sites excluding steroid dienone is 4. The van der Waals surface area contributed by atoms with Crippen LogP contribution >= 0.6 is 0 Å². The fourth-order valence-electron chi connectivity index (χ4n) is 8.41. The van der Waals surface area contributed by atoms with Gasteiger partial charge < -0.3 is 24.4 Å². The molecule has 7 heteroatoms. The molecule has 4 aliphatic carbocycles. The van der Waals surface area contributed by atoms with Gasteiger partial charge in [-0.3, -0.25) is 9.59 Å². The van der Waals surface area contributed by atoms with Crippen molar-refractivity contribution < 1.29 is 34.0 Å². The topological polar surface area (TPSA) is 102 Å². The zero-order valence-corrected chi connectivity index (χ0v) is 21.2. The number of hydrogen-bond acceptors (Lipinski definition) is 7. The van der Waals surface area contributed by atoms with Gasteiger partial charge in [-0.2, -0.15) is 0 Å². The summed E-state index contributed by atoms with van der Waals surface area (Å²) in [6, 6.07) is 0. The highest BCUT2D eigenvalue weighted by Crippen LogP contribution is 2.69. The Kier molecular flexibility index (Phi) is 5.95. The maximum Gasteiger partial charge on any atom is 0.303 e. The monoisotopic (exact) mass is 486 g/mol. The second-order valence-electron chi connectivity index (χ2n) is 11.7. The SMILES string of the molecule is C=C1C=CC2(C)C(=C1)C(O)CC1C2C(O)CC2(C)C1CC1OC(CCC)OC12C(=O)COC(C)=O. The predicted octanol–water partition coefficient (Wildman–Crippen LogP) is 3.25. The summed E-state index contributed by atoms with van der Waals surface area (Å²) in [5, 5.41) is 23.0. The van der Waals surface area contributed by atoms with Crippen molar-refractivity contribution in [2.45, 2.75) is 90.0 Å². The van der Waals surface area contributed by atoms with Crippen molar-refractivity contribution in [2.75, 3.05) is 6.61 Å². The van der Waals surface area contributed by atoms with Crippen LogP contribution in [-0.4, -0.2) is 58.8 Å². The molecule has 7 nitrogen and oxygen atoms in total. The molecule has 10 unspecified atom stereocenters. The average Bonchev–Trinajstić information content (AvgIpc) is 3.26. The molecule has 10 atom stereocenters. The summed E-state index contributed by atoms with van der Waals surface area (Å²) in [6.07, 6.45) is 6.65. The second-order valence-corrected chi connectivity index (χ2v) is 11.7. The van der Waals surface area contributed by atoms with Crippen LogP contribution < -0.4 is 0 Å². The van der Waals surface area contributed by atoms with E-state index in [9.17, 15) is 19.8 Å². The van der Waals surface area contributed by atoms with Gasteiger partial charge in [-0.05, 0) is 48.7 Å². The van der Waals surface area contributed by atoms with Crippen LogP contribution in [0.15, 0.2) is 36.0 Å². The normalized spacial score (nSPS) is 47.9. The van der Waals surface area contributed by atoms with Gasteiger partial charge in [0.15, 0.2) is 18.5 Å². The number of carbonyl (C=O) groups is 2. The maximum atomic E-state index is 13.8. The van der Waals surface area contributed by atoms with Crippen molar-refractivity contribution >= 4 is 11.8 Å². The molecule has 3 saturated carbocycles. The van der Waals surface area contributed by atoms with Crippen molar-refractivity contribution in [1.82, 2.24) is 0 Å². The average molecular weight is 487 g/mol. The Morgan fingerprint density at radius 3 is 2.69 bits per heavy atom. The quantitative estimate of drug-likeness (QED) is 0.575. The van der Waals surface area contributed by atoms with Crippen molar-refractivity contribution in [3.8, 4) is 0 Å². The van der Waals surface area contributed by atoms with Gasteiger partial charge in [0.05, 0.1) is 18.3 Å². The molecule has 5 rings (SSSR count). The molecular weight excluding hydrogens is 448 g/mol. The Morgan fingerprint density at radius 1 is 1.26 bits per heavy atom. The van der Waals surface area contributed by atoms with E-state index in [1.807, 2.05) is 26.0 Å². The molecule has 35 heavy (non-hydrogen) atoms. The molecule has 0 aromatic rings. The zero-order valence-electron chi connectivity index (χ0n) is 21.2. The van der Waals surface area contributed by atoms with Crippen LogP contribution in [0.25, 0.3) is 0 Å². The fraction of sp³-hybridized carbons (Fsp3) is 0.714. The van der Waals surface area contributed by atoms with Gasteiger partial charge in [-0.1, -0.05) is 52.0 Å². The van der Waals surface area contributed by atoms with Gasteiger partial charge in [-0.15, -0.1) is 0 Å². The largest absolute Gasteiger partial charge is 0.458 e. The van der Waals surface area contributed by atoms with Gasteiger partial charge >= 0.3 is 5.97 Å². The van der Waals surface area contributed by atoms with E-state index in [0.717, 1.165) is 17.6 Å². The Balaban J connectivity index is 1.55. The van der Waals surface area contributed by atoms with E-state index in [2.05, 4.69) is 19.6 Å². The summed E-state index contributed by atoms with van der Waals surface area (Å²) in [4.78, 5) is 25.3.